The molecule has 1 saturated heterocycles. The van der Waals surface area contributed by atoms with E-state index in [1.807, 2.05) is 40.0 Å². The van der Waals surface area contributed by atoms with E-state index in [-0.39, 0.29) is 6.04 Å². The quantitative estimate of drug-likeness (QED) is 0.818. The summed E-state index contributed by atoms with van der Waals surface area (Å²) in [5, 5.41) is 13.8. The van der Waals surface area contributed by atoms with Crippen LogP contribution in [0.4, 0.5) is 15.4 Å². The maximum atomic E-state index is 13.3. The number of fused-ring (bicyclic) bond motifs is 1. The SMILES string of the molecule is Cc1cc(N(C(=O)OC(C)(C)C)C2CCN(C(=O)O)CC2)n2ncc(C3CC3)c2n1. The number of rotatable bonds is 3. The number of carbonyl (C=O) groups is 2. The van der Waals surface area contributed by atoms with Gasteiger partial charge in [0.15, 0.2) is 5.65 Å². The van der Waals surface area contributed by atoms with E-state index in [1.54, 1.807) is 9.42 Å². The number of amides is 2. The average Bonchev–Trinajstić information content (AvgIpc) is 3.40. The number of hydrogen-bond donors (Lipinski definition) is 1. The summed E-state index contributed by atoms with van der Waals surface area (Å²) in [5.41, 5.74) is 2.05. The Balaban J connectivity index is 1.74. The Kier molecular flexibility index (Phi) is 5.07. The highest BCUT2D eigenvalue weighted by Gasteiger charge is 2.36. The molecule has 1 N–H and O–H groups in total. The summed E-state index contributed by atoms with van der Waals surface area (Å²) >= 11 is 0. The van der Waals surface area contributed by atoms with Crippen LogP contribution in [0.3, 0.4) is 0 Å². The predicted octanol–water partition coefficient (Wildman–Crippen LogP) is 3.80. The van der Waals surface area contributed by atoms with Gasteiger partial charge in [-0.05, 0) is 59.3 Å². The molecule has 0 bridgehead atoms. The third-order valence-electron chi connectivity index (χ3n) is 5.56. The van der Waals surface area contributed by atoms with Gasteiger partial charge in [0.2, 0.25) is 0 Å². The Morgan fingerprint density at radius 3 is 2.43 bits per heavy atom. The van der Waals surface area contributed by atoms with Crippen molar-refractivity contribution < 1.29 is 19.4 Å². The van der Waals surface area contributed by atoms with Gasteiger partial charge in [-0.2, -0.15) is 9.61 Å². The second-order valence-corrected chi connectivity index (χ2v) is 9.22. The van der Waals surface area contributed by atoms with E-state index in [0.29, 0.717) is 37.7 Å². The number of aromatic nitrogens is 3. The second kappa shape index (κ2) is 7.45. The zero-order chi connectivity index (χ0) is 21.6. The lowest BCUT2D eigenvalue weighted by atomic mass is 10.0. The van der Waals surface area contributed by atoms with E-state index in [1.165, 1.54) is 4.90 Å². The lowest BCUT2D eigenvalue weighted by Gasteiger charge is -2.38. The van der Waals surface area contributed by atoms with Crippen LogP contribution in [-0.2, 0) is 4.74 Å². The van der Waals surface area contributed by atoms with Crippen LogP contribution in [0.25, 0.3) is 5.65 Å². The molecule has 0 spiro atoms. The zero-order valence-corrected chi connectivity index (χ0v) is 18.0. The second-order valence-electron chi connectivity index (χ2n) is 9.22. The van der Waals surface area contributed by atoms with Crippen molar-refractivity contribution >= 4 is 23.7 Å². The van der Waals surface area contributed by atoms with Gasteiger partial charge in [-0.15, -0.1) is 0 Å². The maximum Gasteiger partial charge on any atom is 0.416 e. The van der Waals surface area contributed by atoms with Crippen LogP contribution in [0.1, 0.15) is 63.6 Å². The minimum absolute atomic E-state index is 0.186. The number of piperidine rings is 1. The summed E-state index contributed by atoms with van der Waals surface area (Å²) < 4.78 is 7.46. The Hall–Kier alpha value is -2.84. The molecule has 2 aromatic heterocycles. The summed E-state index contributed by atoms with van der Waals surface area (Å²) in [6.07, 6.45) is 3.80. The number of anilines is 1. The first kappa shape index (κ1) is 20.4. The van der Waals surface area contributed by atoms with Gasteiger partial charge in [-0.1, -0.05) is 0 Å². The first-order valence-corrected chi connectivity index (χ1v) is 10.5. The first-order valence-electron chi connectivity index (χ1n) is 10.5. The molecule has 9 heteroatoms. The van der Waals surface area contributed by atoms with Crippen LogP contribution in [0.15, 0.2) is 12.3 Å². The molecule has 0 atom stereocenters. The summed E-state index contributed by atoms with van der Waals surface area (Å²) in [6.45, 7) is 8.17. The van der Waals surface area contributed by atoms with E-state index in [9.17, 15) is 14.7 Å². The molecule has 1 saturated carbocycles. The van der Waals surface area contributed by atoms with Gasteiger partial charge in [0.1, 0.15) is 11.4 Å². The van der Waals surface area contributed by atoms with Crippen LogP contribution < -0.4 is 4.90 Å². The van der Waals surface area contributed by atoms with Gasteiger partial charge in [-0.3, -0.25) is 4.90 Å². The highest BCUT2D eigenvalue weighted by molar-refractivity contribution is 5.88. The predicted molar refractivity (Wildman–Crippen MR) is 111 cm³/mol. The minimum Gasteiger partial charge on any atom is -0.465 e. The van der Waals surface area contributed by atoms with Crippen LogP contribution >= 0.6 is 0 Å². The van der Waals surface area contributed by atoms with Crippen LogP contribution in [0, 0.1) is 6.92 Å². The van der Waals surface area contributed by atoms with Gasteiger partial charge < -0.3 is 14.7 Å². The molecule has 162 valence electrons. The molecule has 2 fully saturated rings. The molecule has 0 unspecified atom stereocenters. The number of aryl methyl sites for hydroxylation is 1. The van der Waals surface area contributed by atoms with Crippen molar-refractivity contribution in [3.8, 4) is 0 Å². The monoisotopic (exact) mass is 415 g/mol. The highest BCUT2D eigenvalue weighted by atomic mass is 16.6. The van der Waals surface area contributed by atoms with Crippen LogP contribution in [-0.4, -0.2) is 61.5 Å². The van der Waals surface area contributed by atoms with Crippen LogP contribution in [0.5, 0.6) is 0 Å². The van der Waals surface area contributed by atoms with E-state index in [2.05, 4.69) is 10.1 Å². The number of ether oxygens (including phenoxy) is 1. The fraction of sp³-hybridized carbons (Fsp3) is 0.619. The van der Waals surface area contributed by atoms with Crippen molar-refractivity contribution in [2.75, 3.05) is 18.0 Å². The van der Waals surface area contributed by atoms with Gasteiger partial charge in [-0.25, -0.2) is 14.6 Å². The summed E-state index contributed by atoms with van der Waals surface area (Å²) in [5.74, 6) is 1.10. The van der Waals surface area contributed by atoms with Crippen molar-refractivity contribution in [3.05, 3.63) is 23.5 Å². The Labute approximate surface area is 175 Å². The molecule has 1 aliphatic carbocycles. The molecule has 2 aromatic rings. The molecule has 1 aliphatic heterocycles. The van der Waals surface area contributed by atoms with E-state index in [0.717, 1.165) is 29.7 Å². The molecule has 30 heavy (non-hydrogen) atoms. The van der Waals surface area contributed by atoms with Crippen molar-refractivity contribution in [1.82, 2.24) is 19.5 Å². The van der Waals surface area contributed by atoms with Gasteiger partial charge in [0, 0.05) is 36.5 Å². The maximum absolute atomic E-state index is 13.3. The van der Waals surface area contributed by atoms with E-state index >= 15 is 0 Å². The molecule has 4 rings (SSSR count). The molecular formula is C21H29N5O4. The number of carbonyl (C=O) groups excluding carboxylic acids is 1. The lowest BCUT2D eigenvalue weighted by Crippen LogP contribution is -2.50. The fourth-order valence-electron chi connectivity index (χ4n) is 3.99. The molecule has 0 aromatic carbocycles. The Bertz CT molecular complexity index is 968. The lowest BCUT2D eigenvalue weighted by molar-refractivity contribution is 0.0547. The smallest absolute Gasteiger partial charge is 0.416 e. The summed E-state index contributed by atoms with van der Waals surface area (Å²) in [6, 6.07) is 1.67. The highest BCUT2D eigenvalue weighted by Crippen LogP contribution is 2.42. The average molecular weight is 415 g/mol. The number of hydrogen-bond acceptors (Lipinski definition) is 5. The molecule has 3 heterocycles. The Morgan fingerprint density at radius 1 is 1.20 bits per heavy atom. The molecular weight excluding hydrogens is 386 g/mol. The van der Waals surface area contributed by atoms with Crippen LogP contribution in [0.2, 0.25) is 0 Å². The third kappa shape index (κ3) is 4.06. The normalized spacial score (nSPS) is 17.9. The summed E-state index contributed by atoms with van der Waals surface area (Å²) in [7, 11) is 0. The fourth-order valence-corrected chi connectivity index (χ4v) is 3.99. The molecule has 9 nitrogen and oxygen atoms in total. The van der Waals surface area contributed by atoms with Crippen molar-refractivity contribution in [3.63, 3.8) is 0 Å². The largest absolute Gasteiger partial charge is 0.465 e. The van der Waals surface area contributed by atoms with E-state index < -0.39 is 17.8 Å². The molecule has 2 amide bonds. The minimum atomic E-state index is -0.930. The number of nitrogens with zero attached hydrogens (tertiary/aromatic N) is 5. The van der Waals surface area contributed by atoms with Crippen molar-refractivity contribution in [2.45, 2.75) is 70.9 Å². The molecule has 2 aliphatic rings. The van der Waals surface area contributed by atoms with Gasteiger partial charge in [0.05, 0.1) is 6.20 Å². The third-order valence-corrected chi connectivity index (χ3v) is 5.56. The Morgan fingerprint density at radius 2 is 1.87 bits per heavy atom. The number of likely N-dealkylation sites (tertiary alicyclic amines) is 1. The standard InChI is InChI=1S/C21H29N5O4/c1-13-11-17(26-18(23-13)16(12-22-26)14-5-6-14)25(20(29)30-21(2,3)4)15-7-9-24(10-8-15)19(27)28/h11-12,14-15H,5-10H2,1-4H3,(H,27,28). The first-order chi connectivity index (χ1) is 14.1. The van der Waals surface area contributed by atoms with Gasteiger partial charge >= 0.3 is 12.2 Å². The summed E-state index contributed by atoms with van der Waals surface area (Å²) in [4.78, 5) is 32.3. The van der Waals surface area contributed by atoms with Crippen molar-refractivity contribution in [2.24, 2.45) is 0 Å². The topological polar surface area (TPSA) is 100 Å². The van der Waals surface area contributed by atoms with Crippen molar-refractivity contribution in [1.29, 1.82) is 0 Å². The number of carboxylic acid groups (broad SMARTS) is 1. The van der Waals surface area contributed by atoms with Gasteiger partial charge in [0.25, 0.3) is 0 Å². The van der Waals surface area contributed by atoms with E-state index in [4.69, 9.17) is 4.74 Å². The molecule has 0 radical (unpaired) electrons. The zero-order valence-electron chi connectivity index (χ0n) is 18.0.